The van der Waals surface area contributed by atoms with Crippen LogP contribution in [0.1, 0.15) is 168 Å². The minimum absolute atomic E-state index is 0.393. The van der Waals surface area contributed by atoms with Gasteiger partial charge in [-0.2, -0.15) is 0 Å². The van der Waals surface area contributed by atoms with Crippen molar-refractivity contribution in [3.63, 3.8) is 0 Å². The van der Waals surface area contributed by atoms with Crippen LogP contribution in [0.15, 0.2) is 48.6 Å². The SMILES string of the molecule is CCCCCC=CCC=CCCCCCCCCOCC(O)COCCCCCCCCC=CCC=CCCCCC. The Kier molecular flexibility index (Phi) is 36.8. The molecule has 0 fully saturated rings. The zero-order valence-corrected chi connectivity index (χ0v) is 28.3. The lowest BCUT2D eigenvalue weighted by Gasteiger charge is -2.12. The van der Waals surface area contributed by atoms with Gasteiger partial charge in [0.05, 0.1) is 13.2 Å². The molecule has 0 bridgehead atoms. The standard InChI is InChI=1S/C39H72O3/c1-3-5-7-9-11-13-15-17-19-21-23-25-27-29-31-33-35-41-37-39(40)38-42-36-34-32-30-28-26-24-22-20-18-16-14-12-10-8-6-4-2/h11-14,17-20,39-40H,3-10,15-16,21-38H2,1-2H3. The number of aliphatic hydroxyl groups is 1. The third-order valence-electron chi connectivity index (χ3n) is 7.60. The lowest BCUT2D eigenvalue weighted by atomic mass is 10.1. The van der Waals surface area contributed by atoms with Crippen LogP contribution in [-0.4, -0.2) is 37.6 Å². The first-order chi connectivity index (χ1) is 20.8. The largest absolute Gasteiger partial charge is 0.388 e. The van der Waals surface area contributed by atoms with Crippen molar-refractivity contribution in [1.29, 1.82) is 0 Å². The van der Waals surface area contributed by atoms with E-state index in [1.165, 1.54) is 128 Å². The predicted octanol–water partition coefficient (Wildman–Crippen LogP) is 12.0. The van der Waals surface area contributed by atoms with Gasteiger partial charge in [0.15, 0.2) is 0 Å². The second-order valence-electron chi connectivity index (χ2n) is 12.0. The van der Waals surface area contributed by atoms with Crippen LogP contribution in [0.5, 0.6) is 0 Å². The Labute approximate surface area is 263 Å². The van der Waals surface area contributed by atoms with Crippen LogP contribution in [0.25, 0.3) is 0 Å². The third-order valence-corrected chi connectivity index (χ3v) is 7.60. The van der Waals surface area contributed by atoms with Gasteiger partial charge >= 0.3 is 0 Å². The molecule has 0 rings (SSSR count). The highest BCUT2D eigenvalue weighted by Gasteiger charge is 2.04. The van der Waals surface area contributed by atoms with Crippen LogP contribution in [-0.2, 0) is 9.47 Å². The summed E-state index contributed by atoms with van der Waals surface area (Å²) in [6, 6.07) is 0. The predicted molar refractivity (Wildman–Crippen MR) is 186 cm³/mol. The first-order valence-electron chi connectivity index (χ1n) is 18.2. The average molecular weight is 589 g/mol. The molecule has 0 heterocycles. The van der Waals surface area contributed by atoms with Crippen molar-refractivity contribution in [3.8, 4) is 0 Å². The fourth-order valence-electron chi connectivity index (χ4n) is 4.87. The van der Waals surface area contributed by atoms with E-state index in [0.29, 0.717) is 13.2 Å². The highest BCUT2D eigenvalue weighted by Crippen LogP contribution is 2.10. The van der Waals surface area contributed by atoms with E-state index in [4.69, 9.17) is 9.47 Å². The van der Waals surface area contributed by atoms with Crippen molar-refractivity contribution >= 4 is 0 Å². The first-order valence-corrected chi connectivity index (χ1v) is 18.2. The molecule has 3 heteroatoms. The first kappa shape index (κ1) is 40.8. The summed E-state index contributed by atoms with van der Waals surface area (Å²) >= 11 is 0. The number of ether oxygens (including phenoxy) is 2. The molecule has 0 saturated heterocycles. The van der Waals surface area contributed by atoms with Crippen molar-refractivity contribution in [2.24, 2.45) is 0 Å². The molecular weight excluding hydrogens is 516 g/mol. The molecule has 246 valence electrons. The molecule has 0 saturated carbocycles. The minimum atomic E-state index is -0.501. The van der Waals surface area contributed by atoms with E-state index in [-0.39, 0.29) is 0 Å². The summed E-state index contributed by atoms with van der Waals surface area (Å²) in [5.41, 5.74) is 0. The van der Waals surface area contributed by atoms with Gasteiger partial charge in [0.25, 0.3) is 0 Å². The Morgan fingerprint density at radius 1 is 0.405 bits per heavy atom. The third kappa shape index (κ3) is 36.9. The van der Waals surface area contributed by atoms with Crippen molar-refractivity contribution in [1.82, 2.24) is 0 Å². The highest BCUT2D eigenvalue weighted by molar-refractivity contribution is 4.93. The van der Waals surface area contributed by atoms with Crippen molar-refractivity contribution in [2.45, 2.75) is 174 Å². The van der Waals surface area contributed by atoms with Gasteiger partial charge in [-0.3, -0.25) is 0 Å². The zero-order chi connectivity index (χ0) is 30.4. The van der Waals surface area contributed by atoms with Crippen LogP contribution in [0.4, 0.5) is 0 Å². The van der Waals surface area contributed by atoms with Gasteiger partial charge in [0, 0.05) is 13.2 Å². The van der Waals surface area contributed by atoms with E-state index in [9.17, 15) is 5.11 Å². The Morgan fingerprint density at radius 2 is 0.714 bits per heavy atom. The Morgan fingerprint density at radius 3 is 1.07 bits per heavy atom. The number of rotatable bonds is 34. The van der Waals surface area contributed by atoms with Crippen molar-refractivity contribution in [3.05, 3.63) is 48.6 Å². The smallest absolute Gasteiger partial charge is 0.101 e. The second-order valence-corrected chi connectivity index (χ2v) is 12.0. The molecule has 3 nitrogen and oxygen atoms in total. The van der Waals surface area contributed by atoms with Gasteiger partial charge < -0.3 is 14.6 Å². The lowest BCUT2D eigenvalue weighted by molar-refractivity contribution is -0.0201. The van der Waals surface area contributed by atoms with E-state index in [0.717, 1.165) is 38.9 Å². The van der Waals surface area contributed by atoms with Crippen molar-refractivity contribution < 1.29 is 14.6 Å². The second kappa shape index (κ2) is 37.9. The van der Waals surface area contributed by atoms with Gasteiger partial charge in [-0.15, -0.1) is 0 Å². The van der Waals surface area contributed by atoms with E-state index in [1.807, 2.05) is 0 Å². The number of hydrogen-bond donors (Lipinski definition) is 1. The van der Waals surface area contributed by atoms with Crippen LogP contribution in [0, 0.1) is 0 Å². The number of unbranched alkanes of at least 4 members (excludes halogenated alkanes) is 18. The summed E-state index contributed by atoms with van der Waals surface area (Å²) < 4.78 is 11.3. The van der Waals surface area contributed by atoms with Gasteiger partial charge in [-0.25, -0.2) is 0 Å². The molecule has 0 amide bonds. The Bertz CT molecular complexity index is 555. The number of aliphatic hydroxyl groups excluding tert-OH is 1. The van der Waals surface area contributed by atoms with Crippen LogP contribution in [0.3, 0.4) is 0 Å². The highest BCUT2D eigenvalue weighted by atomic mass is 16.5. The molecule has 0 aliphatic heterocycles. The fourth-order valence-corrected chi connectivity index (χ4v) is 4.87. The molecule has 0 radical (unpaired) electrons. The molecule has 42 heavy (non-hydrogen) atoms. The summed E-state index contributed by atoms with van der Waals surface area (Å²) in [6.45, 7) is 6.79. The summed E-state index contributed by atoms with van der Waals surface area (Å²) in [5, 5.41) is 10.1. The Balaban J connectivity index is 3.26. The summed E-state index contributed by atoms with van der Waals surface area (Å²) in [5.74, 6) is 0. The van der Waals surface area contributed by atoms with Crippen LogP contribution in [0.2, 0.25) is 0 Å². The van der Waals surface area contributed by atoms with Gasteiger partial charge in [-0.05, 0) is 77.0 Å². The van der Waals surface area contributed by atoms with Gasteiger partial charge in [-0.1, -0.05) is 140 Å². The molecular formula is C39H72O3. The van der Waals surface area contributed by atoms with E-state index in [1.54, 1.807) is 0 Å². The van der Waals surface area contributed by atoms with E-state index < -0.39 is 6.10 Å². The quantitative estimate of drug-likeness (QED) is 0.0600. The van der Waals surface area contributed by atoms with Crippen LogP contribution >= 0.6 is 0 Å². The summed E-state index contributed by atoms with van der Waals surface area (Å²) in [6.07, 6.45) is 48.2. The minimum Gasteiger partial charge on any atom is -0.388 e. The van der Waals surface area contributed by atoms with E-state index in [2.05, 4.69) is 62.5 Å². The average Bonchev–Trinajstić information content (AvgIpc) is 3.00. The summed E-state index contributed by atoms with van der Waals surface area (Å²) in [7, 11) is 0. The molecule has 0 spiro atoms. The maximum Gasteiger partial charge on any atom is 0.101 e. The molecule has 0 aliphatic rings. The molecule has 0 aliphatic carbocycles. The molecule has 0 aromatic carbocycles. The molecule has 1 N–H and O–H groups in total. The lowest BCUT2D eigenvalue weighted by Crippen LogP contribution is -2.22. The monoisotopic (exact) mass is 589 g/mol. The van der Waals surface area contributed by atoms with E-state index >= 15 is 0 Å². The molecule has 0 aromatic heterocycles. The zero-order valence-electron chi connectivity index (χ0n) is 28.3. The maximum absolute atomic E-state index is 10.1. The Hall–Kier alpha value is -1.16. The molecule has 0 unspecified atom stereocenters. The van der Waals surface area contributed by atoms with Crippen molar-refractivity contribution in [2.75, 3.05) is 26.4 Å². The molecule has 0 aromatic rings. The fraction of sp³-hybridized carbons (Fsp3) is 0.795. The van der Waals surface area contributed by atoms with Crippen LogP contribution < -0.4 is 0 Å². The summed E-state index contributed by atoms with van der Waals surface area (Å²) in [4.78, 5) is 0. The number of hydrogen-bond acceptors (Lipinski definition) is 3. The maximum atomic E-state index is 10.1. The number of allylic oxidation sites excluding steroid dienone is 8. The van der Waals surface area contributed by atoms with Gasteiger partial charge in [0.1, 0.15) is 6.10 Å². The van der Waals surface area contributed by atoms with Gasteiger partial charge in [0.2, 0.25) is 0 Å². The topological polar surface area (TPSA) is 38.7 Å². The molecule has 0 atom stereocenters. The normalized spacial score (nSPS) is 13.1.